The van der Waals surface area contributed by atoms with E-state index in [0.717, 1.165) is 43.9 Å². The third-order valence-corrected chi connectivity index (χ3v) is 9.81. The molecule has 49 heavy (non-hydrogen) atoms. The number of carboxylic acid groups (broad SMARTS) is 1. The van der Waals surface area contributed by atoms with Crippen LogP contribution in [0, 0.1) is 5.41 Å². The number of carboxylic acids is 1. The van der Waals surface area contributed by atoms with Gasteiger partial charge in [0.25, 0.3) is 0 Å². The largest absolute Gasteiger partial charge is 0.480 e. The molecule has 12 nitrogen and oxygen atoms in total. The molecule has 0 unspecified atom stereocenters. The average Bonchev–Trinajstić information content (AvgIpc) is 3.84. The Morgan fingerprint density at radius 1 is 1.06 bits per heavy atom. The summed E-state index contributed by atoms with van der Waals surface area (Å²) in [7, 11) is 3.68. The molecular formula is C34H39F3N8O4. The summed E-state index contributed by atoms with van der Waals surface area (Å²) in [5.74, 6) is 0.165. The van der Waals surface area contributed by atoms with Gasteiger partial charge in [-0.05, 0) is 56.7 Å². The number of H-pyrrole nitrogens is 1. The highest BCUT2D eigenvalue weighted by molar-refractivity contribution is 5.91. The van der Waals surface area contributed by atoms with Crippen molar-refractivity contribution in [2.75, 3.05) is 56.8 Å². The number of alkyl halides is 3. The molecule has 1 saturated heterocycles. The summed E-state index contributed by atoms with van der Waals surface area (Å²) in [6, 6.07) is 4.62. The first-order chi connectivity index (χ1) is 23.5. The van der Waals surface area contributed by atoms with E-state index in [1.165, 1.54) is 0 Å². The minimum Gasteiger partial charge on any atom is -0.480 e. The first kappa shape index (κ1) is 33.1. The summed E-state index contributed by atoms with van der Waals surface area (Å²) in [6.45, 7) is 2.31. The first-order valence-corrected chi connectivity index (χ1v) is 16.6. The van der Waals surface area contributed by atoms with Gasteiger partial charge in [0.2, 0.25) is 0 Å². The lowest BCUT2D eigenvalue weighted by Crippen LogP contribution is -2.44. The number of methoxy groups -OCH3 is 1. The van der Waals surface area contributed by atoms with Crippen molar-refractivity contribution in [3.63, 3.8) is 0 Å². The van der Waals surface area contributed by atoms with Crippen LogP contribution in [-0.2, 0) is 20.4 Å². The lowest BCUT2D eigenvalue weighted by Gasteiger charge is -2.44. The number of nitrogens with one attached hydrogen (secondary N) is 1. The van der Waals surface area contributed by atoms with E-state index < -0.39 is 17.8 Å². The Hall–Kier alpha value is -4.37. The van der Waals surface area contributed by atoms with Gasteiger partial charge in [0.1, 0.15) is 29.3 Å². The Morgan fingerprint density at radius 3 is 2.45 bits per heavy atom. The zero-order valence-corrected chi connectivity index (χ0v) is 27.5. The molecule has 260 valence electrons. The summed E-state index contributed by atoms with van der Waals surface area (Å²) >= 11 is 0. The summed E-state index contributed by atoms with van der Waals surface area (Å²) in [5, 5.41) is 8.88. The van der Waals surface area contributed by atoms with Crippen molar-refractivity contribution in [1.82, 2.24) is 29.9 Å². The Balaban J connectivity index is 1.21. The lowest BCUT2D eigenvalue weighted by molar-refractivity contribution is -0.144. The maximum absolute atomic E-state index is 14.0. The molecule has 3 fully saturated rings. The molecule has 0 amide bonds. The van der Waals surface area contributed by atoms with Crippen LogP contribution >= 0.6 is 0 Å². The van der Waals surface area contributed by atoms with E-state index >= 15 is 0 Å². The molecule has 4 aromatic rings. The number of halogens is 3. The van der Waals surface area contributed by atoms with Gasteiger partial charge in [0.15, 0.2) is 11.5 Å². The Labute approximate surface area is 281 Å². The highest BCUT2D eigenvalue weighted by Crippen LogP contribution is 2.44. The van der Waals surface area contributed by atoms with E-state index in [0.29, 0.717) is 84.5 Å². The van der Waals surface area contributed by atoms with Gasteiger partial charge in [0, 0.05) is 56.4 Å². The third-order valence-electron chi connectivity index (χ3n) is 9.81. The normalized spacial score (nSPS) is 18.1. The number of aromatic nitrogens is 6. The molecule has 0 aromatic carbocycles. The van der Waals surface area contributed by atoms with Crippen molar-refractivity contribution in [1.29, 1.82) is 0 Å². The predicted molar refractivity (Wildman–Crippen MR) is 175 cm³/mol. The van der Waals surface area contributed by atoms with Gasteiger partial charge in [-0.25, -0.2) is 29.7 Å². The topological polar surface area (TPSA) is 142 Å². The fourth-order valence-electron chi connectivity index (χ4n) is 6.94. The number of rotatable bonds is 12. The fourth-order valence-corrected chi connectivity index (χ4v) is 6.94. The average molecular weight is 681 g/mol. The van der Waals surface area contributed by atoms with E-state index in [2.05, 4.69) is 29.7 Å². The number of hydrogen-bond donors (Lipinski definition) is 2. The van der Waals surface area contributed by atoms with Crippen LogP contribution in [0.15, 0.2) is 30.6 Å². The molecule has 1 aliphatic heterocycles. The molecule has 3 aliphatic rings. The molecule has 5 heterocycles. The van der Waals surface area contributed by atoms with E-state index in [-0.39, 0.29) is 24.0 Å². The number of aromatic amines is 1. The molecule has 0 spiro atoms. The molecule has 15 heteroatoms. The van der Waals surface area contributed by atoms with E-state index in [1.807, 2.05) is 13.1 Å². The van der Waals surface area contributed by atoms with Gasteiger partial charge < -0.3 is 29.4 Å². The maximum atomic E-state index is 14.0. The summed E-state index contributed by atoms with van der Waals surface area (Å²) in [6.07, 6.45) is 4.78. The second kappa shape index (κ2) is 13.2. The van der Waals surface area contributed by atoms with Crippen molar-refractivity contribution in [3.8, 4) is 22.8 Å². The van der Waals surface area contributed by atoms with Crippen LogP contribution < -0.4 is 9.80 Å². The van der Waals surface area contributed by atoms with Gasteiger partial charge in [-0.2, -0.15) is 13.2 Å². The minimum atomic E-state index is -4.59. The molecule has 2 N–H and O–H groups in total. The van der Waals surface area contributed by atoms with E-state index in [4.69, 9.17) is 24.5 Å². The van der Waals surface area contributed by atoms with Gasteiger partial charge >= 0.3 is 12.1 Å². The number of imidazole rings is 1. The van der Waals surface area contributed by atoms with Gasteiger partial charge in [-0.15, -0.1) is 0 Å². The first-order valence-electron chi connectivity index (χ1n) is 16.6. The third kappa shape index (κ3) is 7.18. The van der Waals surface area contributed by atoms with Crippen LogP contribution in [0.25, 0.3) is 33.9 Å². The number of pyridine rings is 2. The van der Waals surface area contributed by atoms with Crippen molar-refractivity contribution in [2.24, 2.45) is 5.41 Å². The molecule has 0 atom stereocenters. The second-order valence-corrected chi connectivity index (χ2v) is 13.5. The van der Waals surface area contributed by atoms with Crippen molar-refractivity contribution in [3.05, 3.63) is 42.0 Å². The number of fused-ring (bicyclic) bond motifs is 1. The van der Waals surface area contributed by atoms with Crippen LogP contribution in [0.3, 0.4) is 0 Å². The van der Waals surface area contributed by atoms with E-state index in [9.17, 15) is 18.0 Å². The predicted octanol–water partition coefficient (Wildman–Crippen LogP) is 5.70. The number of nitrogens with zero attached hydrogens (tertiary/aromatic N) is 7. The van der Waals surface area contributed by atoms with Crippen molar-refractivity contribution in [2.45, 2.75) is 63.1 Å². The second-order valence-electron chi connectivity index (χ2n) is 13.5. The standard InChI is InChI=1S/C34H39F3N8O4/c1-44(18-33(19-48-2)8-3-9-33)26-14-24(21-12-23(20-4-5-20)40-27(13-21)34(35,36)37)41-32-30(26)42-31(43-32)25-15-39-28(16-38-25)45-10-6-22(7-11-45)49-17-29(46)47/h12-16,20,22H,3-11,17-19H2,1-2H3,(H,46,47)(H,41,42,43). The molecular weight excluding hydrogens is 641 g/mol. The Morgan fingerprint density at radius 2 is 1.84 bits per heavy atom. The summed E-state index contributed by atoms with van der Waals surface area (Å²) < 4.78 is 52.9. The van der Waals surface area contributed by atoms with Crippen molar-refractivity contribution >= 4 is 28.6 Å². The summed E-state index contributed by atoms with van der Waals surface area (Å²) in [4.78, 5) is 41.2. The monoisotopic (exact) mass is 680 g/mol. The van der Waals surface area contributed by atoms with Gasteiger partial charge in [-0.3, -0.25) is 0 Å². The summed E-state index contributed by atoms with van der Waals surface area (Å²) in [5.41, 5.74) is 2.49. The molecule has 2 aliphatic carbocycles. The quantitative estimate of drug-likeness (QED) is 0.190. The number of ether oxygens (including phenoxy) is 2. The SMILES string of the molecule is COCC1(CN(C)c2cc(-c3cc(C4CC4)nc(C(F)(F)F)c3)nc3nc(-c4cnc(N5CCC(OCC(=O)O)CC5)cn4)[nH]c23)CCC1. The molecule has 4 aromatic heterocycles. The van der Waals surface area contributed by atoms with Crippen LogP contribution in [0.1, 0.15) is 62.3 Å². The number of hydrogen-bond acceptors (Lipinski definition) is 10. The molecule has 0 bridgehead atoms. The van der Waals surface area contributed by atoms with Gasteiger partial charge in [0.05, 0.1) is 36.5 Å². The highest BCUT2D eigenvalue weighted by atomic mass is 19.4. The lowest BCUT2D eigenvalue weighted by atomic mass is 9.69. The van der Waals surface area contributed by atoms with Crippen LogP contribution in [0.2, 0.25) is 0 Å². The van der Waals surface area contributed by atoms with Crippen molar-refractivity contribution < 1.29 is 32.5 Å². The zero-order chi connectivity index (χ0) is 34.3. The van der Waals surface area contributed by atoms with E-state index in [1.54, 1.807) is 25.6 Å². The van der Waals surface area contributed by atoms with Gasteiger partial charge in [-0.1, -0.05) is 6.42 Å². The maximum Gasteiger partial charge on any atom is 0.433 e. The smallest absolute Gasteiger partial charge is 0.433 e. The Bertz CT molecular complexity index is 1820. The minimum absolute atomic E-state index is 0.0144. The number of carbonyl (C=O) groups is 1. The fraction of sp³-hybridized carbons (Fsp3) is 0.529. The highest BCUT2D eigenvalue weighted by Gasteiger charge is 2.39. The number of piperidine rings is 1. The zero-order valence-electron chi connectivity index (χ0n) is 27.5. The van der Waals surface area contributed by atoms with Crippen LogP contribution in [0.4, 0.5) is 24.7 Å². The molecule has 2 saturated carbocycles. The Kier molecular flexibility index (Phi) is 8.90. The number of anilines is 2. The van der Waals surface area contributed by atoms with Crippen LogP contribution in [-0.4, -0.2) is 94.1 Å². The number of aliphatic carboxylic acids is 1. The van der Waals surface area contributed by atoms with Crippen LogP contribution in [0.5, 0.6) is 0 Å². The molecule has 0 radical (unpaired) electrons. The molecule has 7 rings (SSSR count).